The number of nitrogen functional groups attached to an aromatic ring is 1. The van der Waals surface area contributed by atoms with Gasteiger partial charge in [0.1, 0.15) is 0 Å². The van der Waals surface area contributed by atoms with Crippen LogP contribution >= 0.6 is 0 Å². The average Bonchev–Trinajstić information content (AvgIpc) is 3.07. The third-order valence-electron chi connectivity index (χ3n) is 4.57. The van der Waals surface area contributed by atoms with Gasteiger partial charge < -0.3 is 5.73 Å². The van der Waals surface area contributed by atoms with Crippen LogP contribution in [-0.4, -0.2) is 15.6 Å². The number of benzene rings is 3. The van der Waals surface area contributed by atoms with E-state index in [1.165, 1.54) is 0 Å². The van der Waals surface area contributed by atoms with Gasteiger partial charge in [-0.15, -0.1) is 0 Å². The van der Waals surface area contributed by atoms with Crippen molar-refractivity contribution < 1.29 is 4.79 Å². The number of rotatable bonds is 5. The first-order chi connectivity index (χ1) is 12.7. The van der Waals surface area contributed by atoms with Crippen molar-refractivity contribution in [3.63, 3.8) is 0 Å². The van der Waals surface area contributed by atoms with E-state index in [0.29, 0.717) is 24.2 Å². The van der Waals surface area contributed by atoms with E-state index in [1.807, 2.05) is 71.5 Å². The fraction of sp³-hybridized carbons (Fsp3) is 0.0909. The number of anilines is 1. The van der Waals surface area contributed by atoms with Crippen LogP contribution in [0, 0.1) is 0 Å². The molecule has 0 bridgehead atoms. The normalized spacial score (nSPS) is 10.9. The van der Waals surface area contributed by atoms with E-state index < -0.39 is 0 Å². The molecule has 4 rings (SSSR count). The number of nitrogens with two attached hydrogens (primary N) is 1. The van der Waals surface area contributed by atoms with Crippen LogP contribution in [-0.2, 0) is 13.0 Å². The molecule has 0 spiro atoms. The molecule has 128 valence electrons. The van der Waals surface area contributed by atoms with Gasteiger partial charge in [-0.25, -0.2) is 0 Å². The van der Waals surface area contributed by atoms with Crippen LogP contribution in [0.15, 0.2) is 79.0 Å². The first-order valence-corrected chi connectivity index (χ1v) is 8.57. The summed E-state index contributed by atoms with van der Waals surface area (Å²) in [5, 5.41) is 5.57. The number of hydrogen-bond acceptors (Lipinski definition) is 3. The van der Waals surface area contributed by atoms with Crippen molar-refractivity contribution in [2.24, 2.45) is 0 Å². The zero-order valence-electron chi connectivity index (χ0n) is 14.3. The highest BCUT2D eigenvalue weighted by molar-refractivity contribution is 5.98. The number of carbonyl (C=O) groups is 1. The topological polar surface area (TPSA) is 60.9 Å². The zero-order valence-corrected chi connectivity index (χ0v) is 14.3. The maximum Gasteiger partial charge on any atom is 0.167 e. The maximum atomic E-state index is 12.5. The van der Waals surface area contributed by atoms with Crippen LogP contribution < -0.4 is 5.73 Å². The molecule has 1 heterocycles. The summed E-state index contributed by atoms with van der Waals surface area (Å²) in [6.45, 7) is 0.674. The Morgan fingerprint density at radius 1 is 0.923 bits per heavy atom. The Kier molecular flexibility index (Phi) is 4.23. The van der Waals surface area contributed by atoms with Crippen LogP contribution in [0.1, 0.15) is 21.5 Å². The summed E-state index contributed by atoms with van der Waals surface area (Å²) in [6, 6.07) is 23.3. The van der Waals surface area contributed by atoms with Crippen LogP contribution in [0.4, 0.5) is 5.69 Å². The molecule has 4 aromatic rings. The Balaban J connectivity index is 1.50. The van der Waals surface area contributed by atoms with E-state index in [2.05, 4.69) is 17.2 Å². The SMILES string of the molecule is Nc1ccccc1CC(=O)c1ccc(Cn2ncc3ccccc32)cc1. The van der Waals surface area contributed by atoms with Crippen molar-refractivity contribution in [3.8, 4) is 0 Å². The largest absolute Gasteiger partial charge is 0.398 e. The number of ketones is 1. The predicted molar refractivity (Wildman–Crippen MR) is 104 cm³/mol. The standard InChI is InChI=1S/C22H19N3O/c23-20-7-3-1-5-18(20)13-22(26)17-11-9-16(10-12-17)15-25-21-8-4-2-6-19(21)14-24-25/h1-12,14H,13,15,23H2. The van der Waals surface area contributed by atoms with Crippen LogP contribution in [0.3, 0.4) is 0 Å². The molecule has 3 aromatic carbocycles. The van der Waals surface area contributed by atoms with E-state index in [4.69, 9.17) is 5.73 Å². The summed E-state index contributed by atoms with van der Waals surface area (Å²) >= 11 is 0. The molecule has 0 atom stereocenters. The zero-order chi connectivity index (χ0) is 17.9. The highest BCUT2D eigenvalue weighted by atomic mass is 16.1. The van der Waals surface area contributed by atoms with E-state index in [1.54, 1.807) is 0 Å². The fourth-order valence-electron chi connectivity index (χ4n) is 3.09. The Morgan fingerprint density at radius 3 is 2.46 bits per heavy atom. The number of hydrogen-bond donors (Lipinski definition) is 1. The lowest BCUT2D eigenvalue weighted by molar-refractivity contribution is 0.0993. The molecule has 0 aliphatic heterocycles. The molecule has 0 unspecified atom stereocenters. The molecule has 0 aliphatic carbocycles. The number of aromatic nitrogens is 2. The average molecular weight is 341 g/mol. The Labute approximate surface area is 151 Å². The highest BCUT2D eigenvalue weighted by Crippen LogP contribution is 2.17. The quantitative estimate of drug-likeness (QED) is 0.439. The molecule has 2 N–H and O–H groups in total. The van der Waals surface area contributed by atoms with Gasteiger partial charge in [-0.2, -0.15) is 5.10 Å². The van der Waals surface area contributed by atoms with Crippen molar-refractivity contribution in [1.82, 2.24) is 9.78 Å². The van der Waals surface area contributed by atoms with Crippen LogP contribution in [0.25, 0.3) is 10.9 Å². The van der Waals surface area contributed by atoms with Gasteiger partial charge in [0.2, 0.25) is 0 Å². The summed E-state index contributed by atoms with van der Waals surface area (Å²) < 4.78 is 1.97. The summed E-state index contributed by atoms with van der Waals surface area (Å²) in [5.74, 6) is 0.0685. The molecule has 0 saturated carbocycles. The summed E-state index contributed by atoms with van der Waals surface area (Å²) in [6.07, 6.45) is 2.19. The number of nitrogens with zero attached hydrogens (tertiary/aromatic N) is 2. The molecule has 1 aromatic heterocycles. The van der Waals surface area contributed by atoms with E-state index in [-0.39, 0.29) is 5.78 Å². The molecule has 0 radical (unpaired) electrons. The van der Waals surface area contributed by atoms with Gasteiger partial charge in [0.25, 0.3) is 0 Å². The van der Waals surface area contributed by atoms with E-state index in [0.717, 1.165) is 22.0 Å². The van der Waals surface area contributed by atoms with Crippen molar-refractivity contribution in [1.29, 1.82) is 0 Å². The van der Waals surface area contributed by atoms with Crippen molar-refractivity contribution in [2.45, 2.75) is 13.0 Å². The summed E-state index contributed by atoms with van der Waals surface area (Å²) in [7, 11) is 0. The molecule has 26 heavy (non-hydrogen) atoms. The van der Waals surface area contributed by atoms with Gasteiger partial charge in [-0.1, -0.05) is 60.7 Å². The lowest BCUT2D eigenvalue weighted by atomic mass is 10.0. The lowest BCUT2D eigenvalue weighted by Gasteiger charge is -2.07. The summed E-state index contributed by atoms with van der Waals surface area (Å²) in [4.78, 5) is 12.5. The highest BCUT2D eigenvalue weighted by Gasteiger charge is 2.09. The monoisotopic (exact) mass is 341 g/mol. The molecule has 4 nitrogen and oxygen atoms in total. The minimum absolute atomic E-state index is 0.0685. The van der Waals surface area contributed by atoms with Crippen molar-refractivity contribution in [3.05, 3.63) is 95.7 Å². The van der Waals surface area contributed by atoms with Crippen LogP contribution in [0.5, 0.6) is 0 Å². The molecule has 0 saturated heterocycles. The number of para-hydroxylation sites is 2. The van der Waals surface area contributed by atoms with E-state index in [9.17, 15) is 4.79 Å². The fourth-order valence-corrected chi connectivity index (χ4v) is 3.09. The second-order valence-corrected chi connectivity index (χ2v) is 6.36. The maximum absolute atomic E-state index is 12.5. The van der Waals surface area contributed by atoms with Crippen molar-refractivity contribution in [2.75, 3.05) is 5.73 Å². The smallest absolute Gasteiger partial charge is 0.167 e. The Hall–Kier alpha value is -3.40. The van der Waals surface area contributed by atoms with Gasteiger partial charge in [-0.3, -0.25) is 9.48 Å². The number of carbonyl (C=O) groups excluding carboxylic acids is 1. The second-order valence-electron chi connectivity index (χ2n) is 6.36. The second kappa shape index (κ2) is 6.84. The Morgan fingerprint density at radius 2 is 1.65 bits per heavy atom. The van der Waals surface area contributed by atoms with Gasteiger partial charge in [-0.05, 0) is 23.3 Å². The van der Waals surface area contributed by atoms with Gasteiger partial charge in [0, 0.05) is 23.1 Å². The molecular formula is C22H19N3O. The number of Topliss-reactive ketones (excluding diaryl/α,β-unsaturated/α-hetero) is 1. The lowest BCUT2D eigenvalue weighted by Crippen LogP contribution is -2.06. The summed E-state index contributed by atoms with van der Waals surface area (Å²) in [5.41, 5.74) is 10.4. The molecular weight excluding hydrogens is 322 g/mol. The van der Waals surface area contributed by atoms with Crippen molar-refractivity contribution >= 4 is 22.4 Å². The minimum Gasteiger partial charge on any atom is -0.398 e. The predicted octanol–water partition coefficient (Wildman–Crippen LogP) is 4.09. The van der Waals surface area contributed by atoms with Gasteiger partial charge in [0.15, 0.2) is 5.78 Å². The number of fused-ring (bicyclic) bond motifs is 1. The molecule has 0 fully saturated rings. The minimum atomic E-state index is 0.0685. The third-order valence-corrected chi connectivity index (χ3v) is 4.57. The van der Waals surface area contributed by atoms with Gasteiger partial charge in [0.05, 0.1) is 18.3 Å². The van der Waals surface area contributed by atoms with Crippen LogP contribution in [0.2, 0.25) is 0 Å². The molecule has 0 amide bonds. The Bertz CT molecular complexity index is 1060. The van der Waals surface area contributed by atoms with Gasteiger partial charge >= 0.3 is 0 Å². The first-order valence-electron chi connectivity index (χ1n) is 8.57. The first kappa shape index (κ1) is 16.1. The molecule has 0 aliphatic rings. The third kappa shape index (κ3) is 3.22. The molecule has 4 heteroatoms. The van der Waals surface area contributed by atoms with E-state index >= 15 is 0 Å².